The number of hydrogen-bond acceptors (Lipinski definition) is 12. The molecule has 0 bridgehead atoms. The Morgan fingerprint density at radius 3 is 1.28 bits per heavy atom. The van der Waals surface area contributed by atoms with Crippen molar-refractivity contribution in [2.45, 2.75) is 121 Å². The average molecular weight is 955 g/mol. The summed E-state index contributed by atoms with van der Waals surface area (Å²) >= 11 is 3.23. The SMILES string of the molecule is CCn1nnc2c(C)c([C@@H](c3cc(CO)c(C)s3)C(C)(C)C(=O)OCc3ccccc3)ccc21.CCn1nnc2c(C)c([C@H](c3cc(CO)c(C)s3)C(C)(C)C(=O)OCc3ccccc3)ccc21. The van der Waals surface area contributed by atoms with E-state index in [2.05, 4.69) is 32.8 Å². The molecule has 0 amide bonds. The highest BCUT2D eigenvalue weighted by molar-refractivity contribution is 7.12. The Kier molecular flexibility index (Phi) is 15.4. The fraction of sp³-hybridized carbons (Fsp3) is 0.370. The average Bonchev–Trinajstić information content (AvgIpc) is 4.14. The van der Waals surface area contributed by atoms with Gasteiger partial charge in [0.15, 0.2) is 0 Å². The van der Waals surface area contributed by atoms with Crippen molar-refractivity contribution >= 4 is 56.7 Å². The first kappa shape index (κ1) is 49.8. The molecule has 12 nitrogen and oxygen atoms in total. The normalized spacial score (nSPS) is 12.8. The number of esters is 2. The zero-order valence-electron chi connectivity index (χ0n) is 40.7. The van der Waals surface area contributed by atoms with E-state index in [1.54, 1.807) is 22.7 Å². The zero-order valence-corrected chi connectivity index (χ0v) is 42.3. The number of carbonyl (C=O) groups excluding carboxylic acids is 2. The lowest BCUT2D eigenvalue weighted by atomic mass is 9.72. The maximum Gasteiger partial charge on any atom is 0.312 e. The summed E-state index contributed by atoms with van der Waals surface area (Å²) in [5, 5.41) is 37.1. The first-order valence-corrected chi connectivity index (χ1v) is 24.7. The number of aliphatic hydroxyl groups excluding tert-OH is 2. The molecular weight excluding hydrogens is 893 g/mol. The van der Waals surface area contributed by atoms with Crippen molar-refractivity contribution in [3.8, 4) is 0 Å². The van der Waals surface area contributed by atoms with E-state index in [-0.39, 0.29) is 50.2 Å². The number of aliphatic hydroxyl groups is 2. The van der Waals surface area contributed by atoms with Crippen LogP contribution in [-0.2, 0) is 58.6 Å². The van der Waals surface area contributed by atoms with Crippen molar-refractivity contribution in [1.29, 1.82) is 0 Å². The number of nitrogens with zero attached hydrogens (tertiary/aromatic N) is 6. The first-order valence-electron chi connectivity index (χ1n) is 23.0. The summed E-state index contributed by atoms with van der Waals surface area (Å²) in [4.78, 5) is 31.2. The Balaban J connectivity index is 0.000000201. The van der Waals surface area contributed by atoms with E-state index in [1.807, 2.05) is 164 Å². The third-order valence-corrected chi connectivity index (χ3v) is 15.4. The summed E-state index contributed by atoms with van der Waals surface area (Å²) in [5.74, 6) is -1.07. The molecule has 0 aliphatic heterocycles. The maximum absolute atomic E-state index is 13.5. The Labute approximate surface area is 406 Å². The van der Waals surface area contributed by atoms with Crippen LogP contribution in [-0.4, -0.2) is 52.1 Å². The Morgan fingerprint density at radius 1 is 0.588 bits per heavy atom. The number of aromatic nitrogens is 6. The molecule has 0 spiro atoms. The summed E-state index contributed by atoms with van der Waals surface area (Å²) in [5.41, 5.74) is 9.62. The van der Waals surface area contributed by atoms with E-state index in [0.717, 1.165) is 99.2 Å². The van der Waals surface area contributed by atoms with Crippen LogP contribution in [0.25, 0.3) is 22.1 Å². The van der Waals surface area contributed by atoms with Crippen LogP contribution in [0.5, 0.6) is 0 Å². The van der Waals surface area contributed by atoms with Crippen molar-refractivity contribution < 1.29 is 29.3 Å². The molecule has 8 rings (SSSR count). The van der Waals surface area contributed by atoms with Crippen molar-refractivity contribution in [2.24, 2.45) is 10.8 Å². The summed E-state index contributed by atoms with van der Waals surface area (Å²) in [7, 11) is 0. The van der Waals surface area contributed by atoms with E-state index in [9.17, 15) is 19.8 Å². The van der Waals surface area contributed by atoms with E-state index < -0.39 is 10.8 Å². The van der Waals surface area contributed by atoms with Gasteiger partial charge in [-0.3, -0.25) is 9.59 Å². The van der Waals surface area contributed by atoms with Gasteiger partial charge < -0.3 is 19.7 Å². The predicted molar refractivity (Wildman–Crippen MR) is 270 cm³/mol. The van der Waals surface area contributed by atoms with Gasteiger partial charge in [0.05, 0.1) is 35.1 Å². The van der Waals surface area contributed by atoms with Gasteiger partial charge in [0, 0.05) is 44.4 Å². The highest BCUT2D eigenvalue weighted by Gasteiger charge is 2.44. The van der Waals surface area contributed by atoms with Crippen LogP contribution in [0.4, 0.5) is 0 Å². The van der Waals surface area contributed by atoms with Gasteiger partial charge in [-0.1, -0.05) is 83.2 Å². The van der Waals surface area contributed by atoms with Crippen LogP contribution in [0.2, 0.25) is 0 Å². The number of carbonyl (C=O) groups is 2. The molecule has 356 valence electrons. The lowest BCUT2D eigenvalue weighted by Crippen LogP contribution is -2.34. The number of aryl methyl sites for hydroxylation is 6. The molecular formula is C54H62N6O6S2. The number of fused-ring (bicyclic) bond motifs is 2. The first-order chi connectivity index (χ1) is 32.5. The molecule has 4 aromatic carbocycles. The van der Waals surface area contributed by atoms with E-state index in [4.69, 9.17) is 9.47 Å². The minimum Gasteiger partial charge on any atom is -0.460 e. The summed E-state index contributed by atoms with van der Waals surface area (Å²) < 4.78 is 15.4. The van der Waals surface area contributed by atoms with Crippen LogP contribution < -0.4 is 0 Å². The topological polar surface area (TPSA) is 154 Å². The number of benzene rings is 4. The van der Waals surface area contributed by atoms with Gasteiger partial charge in [-0.15, -0.1) is 32.9 Å². The van der Waals surface area contributed by atoms with E-state index in [1.165, 1.54) is 0 Å². The minimum absolute atomic E-state index is 0.0310. The Morgan fingerprint density at radius 2 is 0.956 bits per heavy atom. The molecule has 0 aliphatic carbocycles. The van der Waals surface area contributed by atoms with E-state index in [0.29, 0.717) is 0 Å². The maximum atomic E-state index is 13.5. The summed E-state index contributed by atoms with van der Waals surface area (Å²) in [6, 6.07) is 31.7. The summed E-state index contributed by atoms with van der Waals surface area (Å²) in [6.45, 7) is 21.8. The molecule has 0 unspecified atom stereocenters. The molecule has 0 aliphatic rings. The molecule has 4 heterocycles. The molecule has 2 atom stereocenters. The van der Waals surface area contributed by atoms with Gasteiger partial charge in [-0.05, 0) is 138 Å². The van der Waals surface area contributed by atoms with Crippen LogP contribution in [0.3, 0.4) is 0 Å². The Bertz CT molecular complexity index is 2820. The molecule has 14 heteroatoms. The number of ether oxygens (including phenoxy) is 2. The number of thiophene rings is 2. The number of rotatable bonds is 16. The summed E-state index contributed by atoms with van der Waals surface area (Å²) in [6.07, 6.45) is 0. The predicted octanol–water partition coefficient (Wildman–Crippen LogP) is 11.0. The molecule has 68 heavy (non-hydrogen) atoms. The van der Waals surface area contributed by atoms with Crippen LogP contribution in [0.15, 0.2) is 97.1 Å². The second kappa shape index (κ2) is 21.1. The molecule has 4 aromatic heterocycles. The van der Waals surface area contributed by atoms with E-state index >= 15 is 0 Å². The van der Waals surface area contributed by atoms with Gasteiger partial charge in [0.2, 0.25) is 0 Å². The smallest absolute Gasteiger partial charge is 0.312 e. The lowest BCUT2D eigenvalue weighted by Gasteiger charge is -2.33. The largest absolute Gasteiger partial charge is 0.460 e. The molecule has 0 fully saturated rings. The highest BCUT2D eigenvalue weighted by Crippen LogP contribution is 2.49. The minimum atomic E-state index is -0.863. The quantitative estimate of drug-likeness (QED) is 0.0894. The van der Waals surface area contributed by atoms with Gasteiger partial charge >= 0.3 is 11.9 Å². The zero-order chi connectivity index (χ0) is 48.9. The van der Waals surface area contributed by atoms with Gasteiger partial charge in [-0.25, -0.2) is 9.36 Å². The Hall–Kier alpha value is -6.06. The second-order valence-electron chi connectivity index (χ2n) is 18.3. The molecule has 0 saturated carbocycles. The van der Waals surface area contributed by atoms with Gasteiger partial charge in [0.25, 0.3) is 0 Å². The highest BCUT2D eigenvalue weighted by atomic mass is 32.1. The molecule has 0 radical (unpaired) electrons. The van der Waals surface area contributed by atoms with Gasteiger partial charge in [-0.2, -0.15) is 0 Å². The fourth-order valence-electron chi connectivity index (χ4n) is 9.00. The van der Waals surface area contributed by atoms with Crippen molar-refractivity contribution in [2.75, 3.05) is 0 Å². The third-order valence-electron chi connectivity index (χ3n) is 13.1. The van der Waals surface area contributed by atoms with Crippen LogP contribution >= 0.6 is 22.7 Å². The molecule has 0 saturated heterocycles. The van der Waals surface area contributed by atoms with Crippen LogP contribution in [0, 0.1) is 38.5 Å². The van der Waals surface area contributed by atoms with Crippen LogP contribution in [0.1, 0.15) is 117 Å². The van der Waals surface area contributed by atoms with Crippen molar-refractivity contribution in [3.05, 3.63) is 161 Å². The molecule has 8 aromatic rings. The van der Waals surface area contributed by atoms with Gasteiger partial charge in [0.1, 0.15) is 24.2 Å². The van der Waals surface area contributed by atoms with Crippen molar-refractivity contribution in [3.63, 3.8) is 0 Å². The third kappa shape index (κ3) is 10.1. The lowest BCUT2D eigenvalue weighted by molar-refractivity contribution is -0.156. The molecule has 2 N–H and O–H groups in total. The number of hydrogen-bond donors (Lipinski definition) is 2. The van der Waals surface area contributed by atoms with Crippen molar-refractivity contribution in [1.82, 2.24) is 30.0 Å². The second-order valence-corrected chi connectivity index (χ2v) is 20.9. The fourth-order valence-corrected chi connectivity index (χ4v) is 11.7. The monoisotopic (exact) mass is 954 g/mol. The standard InChI is InChI=1S/2C27H31N3O3S/c2*1-6-30-22-13-12-21(17(2)25(22)28-29-30)24(23-14-20(15-31)18(3)34-23)27(4,5)26(32)33-16-19-10-8-7-9-11-19/h2*7-14,24,31H,6,15-16H2,1-5H3/t2*24-/m10/s1.